The Morgan fingerprint density at radius 2 is 2.19 bits per heavy atom. The Morgan fingerprint density at radius 1 is 1.48 bits per heavy atom. The van der Waals surface area contributed by atoms with E-state index in [2.05, 4.69) is 15.5 Å². The molecule has 8 nitrogen and oxygen atoms in total. The molecule has 21 heavy (non-hydrogen) atoms. The number of nitrogens with two attached hydrogens (primary N) is 1. The van der Waals surface area contributed by atoms with Gasteiger partial charge in [0.2, 0.25) is 11.8 Å². The Balaban J connectivity index is 1.92. The summed E-state index contributed by atoms with van der Waals surface area (Å²) >= 11 is 0. The molecule has 1 aliphatic rings. The molecule has 3 N–H and O–H groups in total. The van der Waals surface area contributed by atoms with Crippen molar-refractivity contribution in [2.75, 3.05) is 6.54 Å². The van der Waals surface area contributed by atoms with Crippen molar-refractivity contribution in [3.8, 4) is 0 Å². The molecule has 1 aliphatic heterocycles. The van der Waals surface area contributed by atoms with E-state index in [1.807, 2.05) is 20.8 Å². The summed E-state index contributed by atoms with van der Waals surface area (Å²) in [4.78, 5) is 29.0. The minimum atomic E-state index is -0.530. The number of carbonyl (C=O) groups excluding carboxylic acids is 2. The van der Waals surface area contributed by atoms with E-state index in [1.54, 1.807) is 0 Å². The molecule has 1 aromatic heterocycles. The Labute approximate surface area is 123 Å². The molecule has 0 bridgehead atoms. The molecule has 0 saturated carbocycles. The van der Waals surface area contributed by atoms with Crippen LogP contribution in [0.4, 0.5) is 4.79 Å². The van der Waals surface area contributed by atoms with Crippen molar-refractivity contribution < 1.29 is 14.1 Å². The highest BCUT2D eigenvalue weighted by molar-refractivity contribution is 5.86. The van der Waals surface area contributed by atoms with E-state index >= 15 is 0 Å². The summed E-state index contributed by atoms with van der Waals surface area (Å²) in [6, 6.07) is -0.871. The second-order valence-corrected chi connectivity index (χ2v) is 6.17. The van der Waals surface area contributed by atoms with Gasteiger partial charge < -0.3 is 20.5 Å². The number of aromatic nitrogens is 2. The molecule has 1 fully saturated rings. The highest BCUT2D eigenvalue weighted by Gasteiger charge is 2.32. The Bertz CT molecular complexity index is 534. The van der Waals surface area contributed by atoms with Crippen molar-refractivity contribution in [2.45, 2.75) is 51.6 Å². The quantitative estimate of drug-likeness (QED) is 0.844. The number of hydrogen-bond acceptors (Lipinski definition) is 5. The summed E-state index contributed by atoms with van der Waals surface area (Å²) in [6.45, 7) is 6.58. The summed E-state index contributed by atoms with van der Waals surface area (Å²) in [5.74, 6) is 0.446. The Kier molecular flexibility index (Phi) is 4.15. The average molecular weight is 295 g/mol. The number of nitrogens with zero attached hydrogens (tertiary/aromatic N) is 3. The molecular formula is C13H21N5O3. The lowest BCUT2D eigenvalue weighted by Crippen LogP contribution is -2.47. The summed E-state index contributed by atoms with van der Waals surface area (Å²) in [5, 5.41) is 6.55. The number of urea groups is 1. The van der Waals surface area contributed by atoms with E-state index in [9.17, 15) is 9.59 Å². The minimum Gasteiger partial charge on any atom is -0.368 e. The van der Waals surface area contributed by atoms with Crippen LogP contribution < -0.4 is 11.1 Å². The zero-order valence-electron chi connectivity index (χ0n) is 12.5. The molecule has 0 spiro atoms. The molecule has 8 heteroatoms. The highest BCUT2D eigenvalue weighted by Crippen LogP contribution is 2.19. The van der Waals surface area contributed by atoms with Crippen molar-refractivity contribution in [1.82, 2.24) is 20.4 Å². The molecule has 1 saturated heterocycles. The third-order valence-electron chi connectivity index (χ3n) is 3.37. The van der Waals surface area contributed by atoms with Crippen molar-refractivity contribution in [3.05, 3.63) is 11.7 Å². The fraction of sp³-hybridized carbons (Fsp3) is 0.692. The van der Waals surface area contributed by atoms with Gasteiger partial charge in [0.05, 0.1) is 6.54 Å². The monoisotopic (exact) mass is 295 g/mol. The SMILES string of the molecule is CC(C)(C)c1noc(CNC(=O)N2CCC[C@H]2C(N)=O)n1. The van der Waals surface area contributed by atoms with Gasteiger partial charge in [-0.1, -0.05) is 25.9 Å². The predicted molar refractivity (Wildman–Crippen MR) is 74.2 cm³/mol. The van der Waals surface area contributed by atoms with Crippen LogP contribution in [0.25, 0.3) is 0 Å². The van der Waals surface area contributed by atoms with Crippen LogP contribution in [0.15, 0.2) is 4.52 Å². The van der Waals surface area contributed by atoms with Gasteiger partial charge in [0.25, 0.3) is 0 Å². The number of carbonyl (C=O) groups is 2. The lowest BCUT2D eigenvalue weighted by molar-refractivity contribution is -0.121. The van der Waals surface area contributed by atoms with Crippen LogP contribution in [-0.2, 0) is 16.8 Å². The molecule has 0 radical (unpaired) electrons. The van der Waals surface area contributed by atoms with Crippen molar-refractivity contribution >= 4 is 11.9 Å². The summed E-state index contributed by atoms with van der Waals surface area (Å²) in [6.07, 6.45) is 1.38. The molecule has 0 aromatic carbocycles. The van der Waals surface area contributed by atoms with Gasteiger partial charge >= 0.3 is 6.03 Å². The fourth-order valence-electron chi connectivity index (χ4n) is 2.19. The zero-order chi connectivity index (χ0) is 15.6. The second-order valence-electron chi connectivity index (χ2n) is 6.17. The normalized spacial score (nSPS) is 18.8. The molecule has 1 aromatic rings. The van der Waals surface area contributed by atoms with E-state index in [1.165, 1.54) is 4.90 Å². The first-order valence-corrected chi connectivity index (χ1v) is 6.96. The van der Waals surface area contributed by atoms with Gasteiger partial charge in [0.1, 0.15) is 6.04 Å². The van der Waals surface area contributed by atoms with E-state index in [0.29, 0.717) is 24.7 Å². The summed E-state index contributed by atoms with van der Waals surface area (Å²) in [5.41, 5.74) is 5.07. The van der Waals surface area contributed by atoms with Gasteiger partial charge in [0, 0.05) is 12.0 Å². The third kappa shape index (κ3) is 3.50. The highest BCUT2D eigenvalue weighted by atomic mass is 16.5. The lowest BCUT2D eigenvalue weighted by Gasteiger charge is -2.21. The average Bonchev–Trinajstić information content (AvgIpc) is 3.04. The van der Waals surface area contributed by atoms with Crippen LogP contribution >= 0.6 is 0 Å². The number of rotatable bonds is 3. The molecule has 1 atom stereocenters. The van der Waals surface area contributed by atoms with Gasteiger partial charge in [-0.2, -0.15) is 4.98 Å². The number of nitrogens with one attached hydrogen (secondary N) is 1. The van der Waals surface area contributed by atoms with Crippen LogP contribution in [0, 0.1) is 0 Å². The molecular weight excluding hydrogens is 274 g/mol. The topological polar surface area (TPSA) is 114 Å². The molecule has 2 rings (SSSR count). The van der Waals surface area contributed by atoms with Crippen LogP contribution in [0.3, 0.4) is 0 Å². The van der Waals surface area contributed by atoms with Gasteiger partial charge in [-0.25, -0.2) is 4.79 Å². The first-order valence-electron chi connectivity index (χ1n) is 6.96. The van der Waals surface area contributed by atoms with Gasteiger partial charge in [-0.05, 0) is 12.8 Å². The van der Waals surface area contributed by atoms with Crippen LogP contribution in [0.2, 0.25) is 0 Å². The maximum Gasteiger partial charge on any atom is 0.318 e. The number of hydrogen-bond donors (Lipinski definition) is 2. The molecule has 116 valence electrons. The van der Waals surface area contributed by atoms with Crippen molar-refractivity contribution in [3.63, 3.8) is 0 Å². The van der Waals surface area contributed by atoms with Crippen molar-refractivity contribution in [1.29, 1.82) is 0 Å². The third-order valence-corrected chi connectivity index (χ3v) is 3.37. The molecule has 3 amide bonds. The molecule has 0 aliphatic carbocycles. The molecule has 0 unspecified atom stereocenters. The Morgan fingerprint density at radius 3 is 2.76 bits per heavy atom. The largest absolute Gasteiger partial charge is 0.368 e. The van der Waals surface area contributed by atoms with E-state index in [0.717, 1.165) is 6.42 Å². The first-order chi connectivity index (χ1) is 9.79. The summed E-state index contributed by atoms with van der Waals surface area (Å²) in [7, 11) is 0. The maximum atomic E-state index is 12.1. The van der Waals surface area contributed by atoms with E-state index < -0.39 is 11.9 Å². The zero-order valence-corrected chi connectivity index (χ0v) is 12.5. The van der Waals surface area contributed by atoms with E-state index in [4.69, 9.17) is 10.3 Å². The lowest BCUT2D eigenvalue weighted by atomic mass is 9.96. The smallest absolute Gasteiger partial charge is 0.318 e. The van der Waals surface area contributed by atoms with Crippen LogP contribution in [0.5, 0.6) is 0 Å². The van der Waals surface area contributed by atoms with Crippen molar-refractivity contribution in [2.24, 2.45) is 5.73 Å². The van der Waals surface area contributed by atoms with Crippen LogP contribution in [-0.4, -0.2) is 39.6 Å². The summed E-state index contributed by atoms with van der Waals surface area (Å²) < 4.78 is 5.09. The first kappa shape index (κ1) is 15.3. The number of amides is 3. The standard InChI is InChI=1S/C13H21N5O3/c1-13(2,3)11-16-9(21-17-11)7-15-12(20)18-6-4-5-8(18)10(14)19/h8H,4-7H2,1-3H3,(H2,14,19)(H,15,20)/t8-/m0/s1. The van der Waals surface area contributed by atoms with Gasteiger partial charge in [0.15, 0.2) is 5.82 Å². The number of primary amides is 1. The Hall–Kier alpha value is -2.12. The van der Waals surface area contributed by atoms with Gasteiger partial charge in [-0.3, -0.25) is 4.79 Å². The van der Waals surface area contributed by atoms with E-state index in [-0.39, 0.29) is 18.0 Å². The fourth-order valence-corrected chi connectivity index (χ4v) is 2.19. The van der Waals surface area contributed by atoms with Crippen LogP contribution in [0.1, 0.15) is 45.3 Å². The maximum absolute atomic E-state index is 12.1. The number of likely N-dealkylation sites (tertiary alicyclic amines) is 1. The predicted octanol–water partition coefficient (Wildman–Crippen LogP) is 0.526. The molecule has 2 heterocycles. The minimum absolute atomic E-state index is 0.129. The second kappa shape index (κ2) is 5.71. The van der Waals surface area contributed by atoms with Gasteiger partial charge in [-0.15, -0.1) is 0 Å².